The second-order valence-electron chi connectivity index (χ2n) is 4.47. The molecule has 1 amide bonds. The second kappa shape index (κ2) is 7.56. The summed E-state index contributed by atoms with van der Waals surface area (Å²) in [6.07, 6.45) is 1.55. The number of carbonyl (C=O) groups excluding carboxylic acids is 2. The Labute approximate surface area is 114 Å². The quantitative estimate of drug-likeness (QED) is 0.633. The van der Waals surface area contributed by atoms with Gasteiger partial charge in [0.25, 0.3) is 0 Å². The van der Waals surface area contributed by atoms with Gasteiger partial charge in [-0.1, -0.05) is 32.0 Å². The lowest BCUT2D eigenvalue weighted by Crippen LogP contribution is -2.35. The van der Waals surface area contributed by atoms with E-state index in [1.54, 1.807) is 12.1 Å². The van der Waals surface area contributed by atoms with Crippen LogP contribution in [0.4, 0.5) is 0 Å². The minimum absolute atomic E-state index is 0.0359. The molecule has 0 aliphatic heterocycles. The summed E-state index contributed by atoms with van der Waals surface area (Å²) in [5.74, 6) is -0.0455. The minimum Gasteiger partial charge on any atom is -0.425 e. The summed E-state index contributed by atoms with van der Waals surface area (Å²) < 4.78 is 5.19. The number of rotatable bonds is 6. The molecule has 104 valence electrons. The van der Waals surface area contributed by atoms with Gasteiger partial charge in [-0.15, -0.1) is 0 Å². The number of nitrogens with one attached hydrogen (secondary N) is 1. The molecule has 1 rings (SSSR count). The number of carbonyl (C=O) groups is 2. The third kappa shape index (κ3) is 4.73. The topological polar surface area (TPSA) is 55.4 Å². The lowest BCUT2D eigenvalue weighted by atomic mass is 10.0. The van der Waals surface area contributed by atoms with Crippen molar-refractivity contribution in [2.24, 2.45) is 5.92 Å². The van der Waals surface area contributed by atoms with Crippen LogP contribution in [0.5, 0.6) is 5.75 Å². The van der Waals surface area contributed by atoms with Gasteiger partial charge in [-0.25, -0.2) is 4.79 Å². The van der Waals surface area contributed by atoms with Crippen molar-refractivity contribution in [3.63, 3.8) is 0 Å². The van der Waals surface area contributed by atoms with Crippen LogP contribution in [0.25, 0.3) is 0 Å². The van der Waals surface area contributed by atoms with Crippen LogP contribution < -0.4 is 10.1 Å². The van der Waals surface area contributed by atoms with Crippen molar-refractivity contribution in [3.8, 4) is 5.75 Å². The third-order valence-corrected chi connectivity index (χ3v) is 3.08. The van der Waals surface area contributed by atoms with E-state index in [2.05, 4.69) is 5.32 Å². The Kier molecular flexibility index (Phi) is 6.06. The Balaban J connectivity index is 2.44. The fraction of sp³-hybridized carbons (Fsp3) is 0.467. The molecule has 1 N–H and O–H groups in total. The molecule has 0 saturated carbocycles. The molecular formula is C15H21NO3. The Morgan fingerprint density at radius 3 is 2.42 bits per heavy atom. The highest BCUT2D eigenvalue weighted by atomic mass is 16.5. The summed E-state index contributed by atoms with van der Waals surface area (Å²) in [7, 11) is 0. The van der Waals surface area contributed by atoms with Crippen LogP contribution in [0.1, 0.15) is 32.3 Å². The number of para-hydroxylation sites is 1. The van der Waals surface area contributed by atoms with Crippen molar-refractivity contribution in [1.29, 1.82) is 0 Å². The van der Waals surface area contributed by atoms with Gasteiger partial charge in [-0.3, -0.25) is 4.79 Å². The first kappa shape index (κ1) is 15.2. The van der Waals surface area contributed by atoms with Crippen molar-refractivity contribution in [3.05, 3.63) is 29.8 Å². The van der Waals surface area contributed by atoms with Crippen molar-refractivity contribution < 1.29 is 14.3 Å². The number of aryl methyl sites for hydroxylation is 1. The first-order valence-electron chi connectivity index (χ1n) is 6.62. The summed E-state index contributed by atoms with van der Waals surface area (Å²) in [6.45, 7) is 5.69. The van der Waals surface area contributed by atoms with Crippen LogP contribution >= 0.6 is 0 Å². The third-order valence-electron chi connectivity index (χ3n) is 3.08. The SMILES string of the molecule is CCC(CC)C(=O)NCC(=O)Oc1ccccc1C. The van der Waals surface area contributed by atoms with Crippen LogP contribution in [0.15, 0.2) is 24.3 Å². The Morgan fingerprint density at radius 1 is 1.21 bits per heavy atom. The molecule has 0 saturated heterocycles. The summed E-state index contributed by atoms with van der Waals surface area (Å²) in [4.78, 5) is 23.3. The zero-order valence-electron chi connectivity index (χ0n) is 11.7. The lowest BCUT2D eigenvalue weighted by Gasteiger charge is -2.12. The average molecular weight is 263 g/mol. The maximum atomic E-state index is 11.7. The molecule has 0 heterocycles. The molecule has 0 fully saturated rings. The standard InChI is InChI=1S/C15H21NO3/c1-4-12(5-2)15(18)16-10-14(17)19-13-9-7-6-8-11(13)3/h6-9,12H,4-5,10H2,1-3H3,(H,16,18). The molecule has 0 aliphatic carbocycles. The zero-order valence-corrected chi connectivity index (χ0v) is 11.7. The van der Waals surface area contributed by atoms with E-state index in [9.17, 15) is 9.59 Å². The van der Waals surface area contributed by atoms with Crippen molar-refractivity contribution in [2.75, 3.05) is 6.54 Å². The average Bonchev–Trinajstić information content (AvgIpc) is 2.40. The molecule has 0 aromatic heterocycles. The van der Waals surface area contributed by atoms with Crippen LogP contribution in [0.3, 0.4) is 0 Å². The van der Waals surface area contributed by atoms with Crippen molar-refractivity contribution in [1.82, 2.24) is 5.32 Å². The summed E-state index contributed by atoms with van der Waals surface area (Å²) in [5.41, 5.74) is 0.891. The first-order valence-corrected chi connectivity index (χ1v) is 6.62. The monoisotopic (exact) mass is 263 g/mol. The first-order chi connectivity index (χ1) is 9.08. The van der Waals surface area contributed by atoms with Gasteiger partial charge in [0.2, 0.25) is 5.91 Å². The highest BCUT2D eigenvalue weighted by molar-refractivity contribution is 5.84. The van der Waals surface area contributed by atoms with Gasteiger partial charge >= 0.3 is 5.97 Å². The molecule has 19 heavy (non-hydrogen) atoms. The molecule has 0 atom stereocenters. The summed E-state index contributed by atoms with van der Waals surface area (Å²) >= 11 is 0. The van der Waals surface area contributed by atoms with E-state index in [1.807, 2.05) is 32.9 Å². The largest absolute Gasteiger partial charge is 0.425 e. The highest BCUT2D eigenvalue weighted by Crippen LogP contribution is 2.16. The molecule has 0 bridgehead atoms. The molecule has 1 aromatic carbocycles. The Hall–Kier alpha value is -1.84. The highest BCUT2D eigenvalue weighted by Gasteiger charge is 2.15. The van der Waals surface area contributed by atoms with E-state index in [1.165, 1.54) is 0 Å². The van der Waals surface area contributed by atoms with Crippen LogP contribution in [-0.4, -0.2) is 18.4 Å². The number of hydrogen-bond acceptors (Lipinski definition) is 3. The van der Waals surface area contributed by atoms with Gasteiger partial charge < -0.3 is 10.1 Å². The van der Waals surface area contributed by atoms with E-state index in [-0.39, 0.29) is 18.4 Å². The fourth-order valence-corrected chi connectivity index (χ4v) is 1.79. The van der Waals surface area contributed by atoms with Crippen molar-refractivity contribution in [2.45, 2.75) is 33.6 Å². The van der Waals surface area contributed by atoms with Crippen LogP contribution in [0, 0.1) is 12.8 Å². The van der Waals surface area contributed by atoms with Gasteiger partial charge in [-0.2, -0.15) is 0 Å². The molecule has 4 heteroatoms. The van der Waals surface area contributed by atoms with E-state index in [0.717, 1.165) is 18.4 Å². The van der Waals surface area contributed by atoms with E-state index in [0.29, 0.717) is 5.75 Å². The fourth-order valence-electron chi connectivity index (χ4n) is 1.79. The number of amides is 1. The van der Waals surface area contributed by atoms with Crippen molar-refractivity contribution >= 4 is 11.9 Å². The smallest absolute Gasteiger partial charge is 0.330 e. The zero-order chi connectivity index (χ0) is 14.3. The normalized spacial score (nSPS) is 10.3. The molecule has 1 aromatic rings. The number of benzene rings is 1. The predicted octanol–water partition coefficient (Wildman–Crippen LogP) is 2.45. The summed E-state index contributed by atoms with van der Waals surface area (Å²) in [6, 6.07) is 7.28. The predicted molar refractivity (Wildman–Crippen MR) is 73.9 cm³/mol. The molecule has 0 radical (unpaired) electrons. The minimum atomic E-state index is -0.450. The van der Waals surface area contributed by atoms with E-state index < -0.39 is 5.97 Å². The number of hydrogen-bond donors (Lipinski definition) is 1. The van der Waals surface area contributed by atoms with Crippen LogP contribution in [0.2, 0.25) is 0 Å². The van der Waals surface area contributed by atoms with E-state index >= 15 is 0 Å². The maximum Gasteiger partial charge on any atom is 0.330 e. The number of esters is 1. The van der Waals surface area contributed by atoms with Gasteiger partial charge in [0.15, 0.2) is 0 Å². The lowest BCUT2D eigenvalue weighted by molar-refractivity contribution is -0.136. The molecular weight excluding hydrogens is 242 g/mol. The Morgan fingerprint density at radius 2 is 1.84 bits per heavy atom. The van der Waals surface area contributed by atoms with Gasteiger partial charge in [-0.05, 0) is 31.4 Å². The second-order valence-corrected chi connectivity index (χ2v) is 4.47. The number of ether oxygens (including phenoxy) is 1. The molecule has 0 spiro atoms. The molecule has 0 aliphatic rings. The Bertz CT molecular complexity index is 439. The molecule has 0 unspecified atom stereocenters. The van der Waals surface area contributed by atoms with Gasteiger partial charge in [0, 0.05) is 5.92 Å². The van der Waals surface area contributed by atoms with Gasteiger partial charge in [0.1, 0.15) is 12.3 Å². The van der Waals surface area contributed by atoms with E-state index in [4.69, 9.17) is 4.74 Å². The van der Waals surface area contributed by atoms with Crippen LogP contribution in [-0.2, 0) is 9.59 Å². The van der Waals surface area contributed by atoms with Gasteiger partial charge in [0.05, 0.1) is 0 Å². The summed E-state index contributed by atoms with van der Waals surface area (Å²) in [5, 5.41) is 2.61. The molecule has 4 nitrogen and oxygen atoms in total. The maximum absolute atomic E-state index is 11.7.